The molecule has 1 aromatic heterocycles. The molecule has 0 aliphatic carbocycles. The van der Waals surface area contributed by atoms with Crippen molar-refractivity contribution in [1.29, 1.82) is 0 Å². The molecule has 7 heteroatoms. The predicted molar refractivity (Wildman–Crippen MR) is 60.3 cm³/mol. The van der Waals surface area contributed by atoms with Crippen LogP contribution in [0.15, 0.2) is 40.9 Å². The van der Waals surface area contributed by atoms with E-state index >= 15 is 0 Å². The summed E-state index contributed by atoms with van der Waals surface area (Å²) >= 11 is 0. The average molecular weight is 269 g/mol. The number of aryl methyl sites for hydroxylation is 1. The number of benzene rings is 1. The van der Waals surface area contributed by atoms with Gasteiger partial charge >= 0.3 is 5.88 Å². The van der Waals surface area contributed by atoms with Gasteiger partial charge in [-0.2, -0.15) is 0 Å². The number of aromatic nitrogens is 1. The fourth-order valence-corrected chi connectivity index (χ4v) is 1.84. The highest BCUT2D eigenvalue weighted by molar-refractivity contribution is 7.81. The number of hydrogen-bond acceptors (Lipinski definition) is 5. The molecule has 0 bridgehead atoms. The molecule has 0 atom stereocenters. The van der Waals surface area contributed by atoms with Crippen LogP contribution in [-0.4, -0.2) is 13.0 Å². The molecule has 2 rings (SSSR count). The second-order valence-electron chi connectivity index (χ2n) is 3.49. The molecular weight excluding hydrogens is 258 g/mol. The molecule has 0 radical (unpaired) electrons. The molecule has 0 spiro atoms. The number of rotatable bonds is 4. The zero-order valence-corrected chi connectivity index (χ0v) is 10.4. The number of hydrogen-bond donors (Lipinski definition) is 0. The molecule has 1 aromatic carbocycles. The summed E-state index contributed by atoms with van der Waals surface area (Å²) < 4.78 is 42.6. The van der Waals surface area contributed by atoms with Crippen molar-refractivity contribution in [2.75, 3.05) is 0 Å². The third-order valence-electron chi connectivity index (χ3n) is 2.24. The zero-order valence-electron chi connectivity index (χ0n) is 9.57. The van der Waals surface area contributed by atoms with Gasteiger partial charge < -0.3 is 8.74 Å². The Balaban J connectivity index is 2.41. The molecule has 0 aliphatic rings. The second-order valence-corrected chi connectivity index (χ2v) is 4.47. The van der Waals surface area contributed by atoms with Crippen LogP contribution in [-0.2, 0) is 16.9 Å². The lowest BCUT2D eigenvalue weighted by atomic mass is 10.2. The van der Waals surface area contributed by atoms with Crippen LogP contribution >= 0.6 is 0 Å². The van der Waals surface area contributed by atoms with Gasteiger partial charge in [-0.15, -0.1) is 0 Å². The molecule has 1 heterocycles. The summed E-state index contributed by atoms with van der Waals surface area (Å²) in [6, 6.07) is 10.5. The standard InChI is InChI=1S/C11H11NO5S/c1-2-12-11(17-18(13,14)15)8-10(16-12)9-6-4-3-5-7-9/h3-8H,2H2,1H3. The van der Waals surface area contributed by atoms with E-state index in [4.69, 9.17) is 4.52 Å². The van der Waals surface area contributed by atoms with Crippen molar-refractivity contribution in [3.8, 4) is 17.2 Å². The minimum absolute atomic E-state index is 0.133. The van der Waals surface area contributed by atoms with E-state index in [1.807, 2.05) is 18.2 Å². The van der Waals surface area contributed by atoms with E-state index in [9.17, 15) is 13.0 Å². The first-order valence-electron chi connectivity index (χ1n) is 5.24. The first kappa shape index (κ1) is 12.6. The third-order valence-corrected chi connectivity index (χ3v) is 2.62. The van der Waals surface area contributed by atoms with Crippen LogP contribution in [0.4, 0.5) is 0 Å². The van der Waals surface area contributed by atoms with Crippen molar-refractivity contribution in [3.63, 3.8) is 0 Å². The van der Waals surface area contributed by atoms with Crippen LogP contribution in [0.25, 0.3) is 11.3 Å². The van der Waals surface area contributed by atoms with Gasteiger partial charge in [0.2, 0.25) is 5.76 Å². The molecule has 0 saturated carbocycles. The fourth-order valence-electron chi connectivity index (χ4n) is 1.50. The van der Waals surface area contributed by atoms with Crippen molar-refractivity contribution in [2.45, 2.75) is 13.5 Å². The average Bonchev–Trinajstić information content (AvgIpc) is 2.71. The first-order valence-corrected chi connectivity index (χ1v) is 6.58. The van der Waals surface area contributed by atoms with Crippen LogP contribution in [0, 0.1) is 0 Å². The summed E-state index contributed by atoms with van der Waals surface area (Å²) in [6.45, 7) is 2.08. The Morgan fingerprint density at radius 2 is 2.00 bits per heavy atom. The summed E-state index contributed by atoms with van der Waals surface area (Å²) in [7, 11) is -4.81. The molecule has 18 heavy (non-hydrogen) atoms. The lowest BCUT2D eigenvalue weighted by Gasteiger charge is -2.02. The van der Waals surface area contributed by atoms with Gasteiger partial charge in [0.25, 0.3) is 10.4 Å². The zero-order chi connectivity index (χ0) is 13.2. The van der Waals surface area contributed by atoms with Gasteiger partial charge in [0.05, 0.1) is 0 Å². The normalized spacial score (nSPS) is 11.4. The van der Waals surface area contributed by atoms with Gasteiger partial charge in [-0.1, -0.05) is 30.3 Å². The molecule has 0 amide bonds. The van der Waals surface area contributed by atoms with Gasteiger partial charge in [-0.3, -0.25) is 0 Å². The first-order chi connectivity index (χ1) is 8.49. The molecule has 2 aromatic rings. The molecule has 0 aliphatic heterocycles. The Morgan fingerprint density at radius 1 is 1.33 bits per heavy atom. The van der Waals surface area contributed by atoms with Crippen molar-refractivity contribution in [2.24, 2.45) is 0 Å². The molecular formula is C11H11NO5S. The van der Waals surface area contributed by atoms with Crippen molar-refractivity contribution in [1.82, 2.24) is 0 Å². The van der Waals surface area contributed by atoms with Crippen molar-refractivity contribution in [3.05, 3.63) is 36.4 Å². The monoisotopic (exact) mass is 269 g/mol. The largest absolute Gasteiger partial charge is 0.716 e. The lowest BCUT2D eigenvalue weighted by Crippen LogP contribution is -2.32. The van der Waals surface area contributed by atoms with E-state index in [2.05, 4.69) is 4.18 Å². The Morgan fingerprint density at radius 3 is 2.56 bits per heavy atom. The van der Waals surface area contributed by atoms with Gasteiger partial charge in [-0.25, -0.2) is 12.9 Å². The lowest BCUT2D eigenvalue weighted by molar-refractivity contribution is -0.860. The van der Waals surface area contributed by atoms with Crippen LogP contribution in [0.5, 0.6) is 5.88 Å². The van der Waals surface area contributed by atoms with E-state index in [0.29, 0.717) is 12.3 Å². The predicted octanol–water partition coefficient (Wildman–Crippen LogP) is 1.09. The molecule has 0 saturated heterocycles. The maximum Gasteiger partial charge on any atom is 0.430 e. The Kier molecular flexibility index (Phi) is 3.35. The van der Waals surface area contributed by atoms with E-state index < -0.39 is 10.4 Å². The SMILES string of the molecule is CC[n+]1oc(-c2ccccc2)cc1OS(=O)(=O)[O-]. The van der Waals surface area contributed by atoms with E-state index in [-0.39, 0.29) is 5.88 Å². The van der Waals surface area contributed by atoms with Gasteiger partial charge in [-0.05, 0) is 6.92 Å². The van der Waals surface area contributed by atoms with E-state index in [1.165, 1.54) is 10.8 Å². The molecule has 0 N–H and O–H groups in total. The minimum Gasteiger partial charge on any atom is -0.716 e. The molecule has 96 valence electrons. The summed E-state index contributed by atoms with van der Waals surface area (Å²) in [5.41, 5.74) is 0.762. The maximum atomic E-state index is 10.6. The van der Waals surface area contributed by atoms with Crippen LogP contribution in [0.2, 0.25) is 0 Å². The van der Waals surface area contributed by atoms with Crippen molar-refractivity contribution < 1.29 is 26.4 Å². The summed E-state index contributed by atoms with van der Waals surface area (Å²) in [5.74, 6) is 0.294. The Labute approximate surface area is 104 Å². The molecule has 0 fully saturated rings. The highest BCUT2D eigenvalue weighted by Gasteiger charge is 2.22. The second kappa shape index (κ2) is 4.79. The van der Waals surface area contributed by atoms with E-state index in [1.54, 1.807) is 19.1 Å². The van der Waals surface area contributed by atoms with Crippen LogP contribution in [0.1, 0.15) is 6.92 Å². The third kappa shape index (κ3) is 2.88. The van der Waals surface area contributed by atoms with Gasteiger partial charge in [0.1, 0.15) is 6.07 Å². The smallest absolute Gasteiger partial charge is 0.430 e. The van der Waals surface area contributed by atoms with Crippen LogP contribution in [0.3, 0.4) is 0 Å². The summed E-state index contributed by atoms with van der Waals surface area (Å²) in [6.07, 6.45) is 0. The highest BCUT2D eigenvalue weighted by Crippen LogP contribution is 2.22. The maximum absolute atomic E-state index is 10.6. The fraction of sp³-hybridized carbons (Fsp3) is 0.182. The number of nitrogens with zero attached hydrogens (tertiary/aromatic N) is 1. The topological polar surface area (TPSA) is 83.5 Å². The van der Waals surface area contributed by atoms with Gasteiger partial charge in [0, 0.05) is 10.3 Å². The Bertz CT molecular complexity index is 633. The summed E-state index contributed by atoms with van der Waals surface area (Å²) in [5, 5.41) is 0. The quantitative estimate of drug-likeness (QED) is 0.471. The summed E-state index contributed by atoms with van der Waals surface area (Å²) in [4.78, 5) is 0. The van der Waals surface area contributed by atoms with Crippen molar-refractivity contribution >= 4 is 10.4 Å². The molecule has 0 unspecified atom stereocenters. The van der Waals surface area contributed by atoms with E-state index in [0.717, 1.165) is 5.56 Å². The van der Waals surface area contributed by atoms with Crippen LogP contribution < -0.4 is 8.92 Å². The highest BCUT2D eigenvalue weighted by atomic mass is 32.3. The van der Waals surface area contributed by atoms with Gasteiger partial charge in [0.15, 0.2) is 6.54 Å². The molecule has 6 nitrogen and oxygen atoms in total. The minimum atomic E-state index is -4.81. The Hall–Kier alpha value is -1.86.